The second-order valence-corrected chi connectivity index (χ2v) is 13.1. The second kappa shape index (κ2) is 24.3. The molecule has 0 saturated carbocycles. The third-order valence-corrected chi connectivity index (χ3v) is 9.01. The standard InChI is InChI=1S/C23H25N2P.3C7H7.Zr/c1-19(2)25-23(24-18-20-12-6-3-7-13-20)26(21-14-8-4-9-15-21)22-16-10-5-11-17-22;3*1-7-5-3-2-4-6-7;/h3-17,19,23H,18H2,1-2H3;3*2-6H,1H2;/q-2;3*-1;. The number of hydrogen-bond donors (Lipinski definition) is 0. The average Bonchev–Trinajstić information content (AvgIpc) is 3.10. The van der Waals surface area contributed by atoms with E-state index in [2.05, 4.69) is 120 Å². The van der Waals surface area contributed by atoms with Crippen LogP contribution >= 0.6 is 7.92 Å². The van der Waals surface area contributed by atoms with Crippen molar-refractivity contribution in [2.45, 2.75) is 32.3 Å². The topological polar surface area (TPSA) is 28.2 Å². The number of benzene rings is 6. The quantitative estimate of drug-likeness (QED) is 0.110. The van der Waals surface area contributed by atoms with E-state index >= 15 is 0 Å². The fourth-order valence-electron chi connectivity index (χ4n) is 4.26. The molecule has 0 heterocycles. The van der Waals surface area contributed by atoms with Crippen LogP contribution in [0.5, 0.6) is 0 Å². The first-order chi connectivity index (χ1) is 22.9. The van der Waals surface area contributed by atoms with Crippen LogP contribution in [0.1, 0.15) is 36.1 Å². The SMILES string of the molecule is CC(C)[N-]C([N-]Cc1ccccc1)P(c1ccccc1)c1ccccc1.[CH2-]c1ccccc1.[CH2-]c1ccccc1.[CH2-]c1ccccc1.[Zr]. The normalized spacial score (nSPS) is 10.5. The Labute approximate surface area is 311 Å². The Balaban J connectivity index is 0.000000292. The van der Waals surface area contributed by atoms with Gasteiger partial charge in [-0.1, -0.05) is 137 Å². The molecule has 1 unspecified atom stereocenters. The monoisotopic (exact) mass is 723 g/mol. The van der Waals surface area contributed by atoms with E-state index in [1.807, 2.05) is 97.1 Å². The van der Waals surface area contributed by atoms with Gasteiger partial charge in [0.25, 0.3) is 0 Å². The van der Waals surface area contributed by atoms with Gasteiger partial charge in [-0.15, -0.1) is 49.0 Å². The van der Waals surface area contributed by atoms with Crippen LogP contribution in [-0.2, 0) is 32.7 Å². The summed E-state index contributed by atoms with van der Waals surface area (Å²) < 4.78 is 0. The molecule has 0 aliphatic heterocycles. The maximum absolute atomic E-state index is 5.05. The van der Waals surface area contributed by atoms with Gasteiger partial charge in [0.05, 0.1) is 0 Å². The zero-order valence-electron chi connectivity index (χ0n) is 28.1. The van der Waals surface area contributed by atoms with E-state index in [-0.39, 0.29) is 38.2 Å². The van der Waals surface area contributed by atoms with Crippen molar-refractivity contribution in [3.8, 4) is 0 Å². The minimum absolute atomic E-state index is 0. The predicted molar refractivity (Wildman–Crippen MR) is 208 cm³/mol. The molecule has 0 aliphatic rings. The smallest absolute Gasteiger partial charge is 0 e. The van der Waals surface area contributed by atoms with E-state index in [0.29, 0.717) is 6.54 Å². The summed E-state index contributed by atoms with van der Waals surface area (Å²) in [6.45, 7) is 16.1. The minimum atomic E-state index is -0.676. The fraction of sp³-hybridized carbons (Fsp3) is 0.114. The number of hydrogen-bond acceptors (Lipinski definition) is 0. The largest absolute Gasteiger partial charge is 0.671 e. The first-order valence-corrected chi connectivity index (χ1v) is 17.2. The zero-order valence-corrected chi connectivity index (χ0v) is 31.5. The van der Waals surface area contributed by atoms with Gasteiger partial charge in [-0.3, -0.25) is 0 Å². The Morgan fingerprint density at radius 3 is 1.02 bits per heavy atom. The van der Waals surface area contributed by atoms with Gasteiger partial charge < -0.3 is 10.6 Å². The van der Waals surface area contributed by atoms with E-state index in [1.165, 1.54) is 16.2 Å². The molecule has 0 fully saturated rings. The first-order valence-electron chi connectivity index (χ1n) is 15.8. The molecule has 0 radical (unpaired) electrons. The molecular weight excluding hydrogens is 679 g/mol. The van der Waals surface area contributed by atoms with Crippen LogP contribution in [0.15, 0.2) is 182 Å². The molecule has 0 bridgehead atoms. The molecule has 2 nitrogen and oxygen atoms in total. The molecule has 0 amide bonds. The van der Waals surface area contributed by atoms with Gasteiger partial charge in [-0.25, -0.2) is 5.91 Å². The molecule has 6 aromatic rings. The molecule has 0 N–H and O–H groups in total. The van der Waals surface area contributed by atoms with Crippen LogP contribution in [0.2, 0.25) is 0 Å². The molecule has 0 aromatic heterocycles. The summed E-state index contributed by atoms with van der Waals surface area (Å²) in [5.74, 6) is -0.0463. The number of nitrogens with zero attached hydrogens (tertiary/aromatic N) is 2. The van der Waals surface area contributed by atoms with Crippen molar-refractivity contribution in [2.75, 3.05) is 0 Å². The van der Waals surface area contributed by atoms with Gasteiger partial charge in [-0.2, -0.15) is 73.9 Å². The van der Waals surface area contributed by atoms with Gasteiger partial charge in [0.2, 0.25) is 0 Å². The Kier molecular flexibility index (Phi) is 20.4. The van der Waals surface area contributed by atoms with Crippen LogP contribution in [0.25, 0.3) is 10.6 Å². The van der Waals surface area contributed by atoms with Crippen LogP contribution in [0, 0.1) is 20.8 Å². The van der Waals surface area contributed by atoms with E-state index in [9.17, 15) is 0 Å². The number of rotatable bonds is 8. The van der Waals surface area contributed by atoms with Gasteiger partial charge in [0.1, 0.15) is 0 Å². The fourth-order valence-corrected chi connectivity index (χ4v) is 6.72. The molecule has 6 aromatic carbocycles. The summed E-state index contributed by atoms with van der Waals surface area (Å²) in [6, 6.07) is 61.7. The maximum atomic E-state index is 5.05. The average molecular weight is 725 g/mol. The Hall–Kier alpha value is -3.84. The summed E-state index contributed by atoms with van der Waals surface area (Å²) >= 11 is 0. The molecular formula is C44H46N2PZr-5. The van der Waals surface area contributed by atoms with Crippen molar-refractivity contribution in [3.63, 3.8) is 0 Å². The third kappa shape index (κ3) is 16.8. The molecule has 48 heavy (non-hydrogen) atoms. The van der Waals surface area contributed by atoms with Crippen molar-refractivity contribution in [2.24, 2.45) is 0 Å². The summed E-state index contributed by atoms with van der Waals surface area (Å²) in [5, 5.41) is 12.7. The van der Waals surface area contributed by atoms with Crippen LogP contribution in [-0.4, -0.2) is 11.9 Å². The first kappa shape index (κ1) is 40.3. The van der Waals surface area contributed by atoms with E-state index in [4.69, 9.17) is 10.6 Å². The molecule has 4 heteroatoms. The zero-order chi connectivity index (χ0) is 33.5. The van der Waals surface area contributed by atoms with Gasteiger partial charge in [0, 0.05) is 26.2 Å². The van der Waals surface area contributed by atoms with Crippen molar-refractivity contribution in [3.05, 3.63) is 236 Å². The Morgan fingerprint density at radius 1 is 0.458 bits per heavy atom. The Morgan fingerprint density at radius 2 is 0.750 bits per heavy atom. The van der Waals surface area contributed by atoms with Gasteiger partial charge >= 0.3 is 0 Å². The molecule has 1 atom stereocenters. The van der Waals surface area contributed by atoms with Crippen molar-refractivity contribution >= 4 is 18.5 Å². The van der Waals surface area contributed by atoms with Crippen LogP contribution in [0.4, 0.5) is 0 Å². The van der Waals surface area contributed by atoms with Crippen molar-refractivity contribution in [1.29, 1.82) is 0 Å². The van der Waals surface area contributed by atoms with E-state index < -0.39 is 7.92 Å². The van der Waals surface area contributed by atoms with Crippen molar-refractivity contribution < 1.29 is 26.2 Å². The summed E-state index contributed by atoms with van der Waals surface area (Å²) in [4.78, 5) is 0. The summed E-state index contributed by atoms with van der Waals surface area (Å²) in [6.07, 6.45) is 0. The van der Waals surface area contributed by atoms with Gasteiger partial charge in [-0.05, 0) is 10.6 Å². The Bertz CT molecular complexity index is 1460. The summed E-state index contributed by atoms with van der Waals surface area (Å²) in [7, 11) is -0.676. The molecule has 0 spiro atoms. The van der Waals surface area contributed by atoms with Gasteiger partial charge in [0.15, 0.2) is 0 Å². The predicted octanol–water partition coefficient (Wildman–Crippen LogP) is 11.4. The molecule has 6 rings (SSSR count). The second-order valence-electron chi connectivity index (χ2n) is 10.9. The van der Waals surface area contributed by atoms with E-state index in [0.717, 1.165) is 16.7 Å². The third-order valence-electron chi connectivity index (χ3n) is 6.54. The summed E-state index contributed by atoms with van der Waals surface area (Å²) in [5.41, 5.74) is 4.44. The van der Waals surface area contributed by atoms with Crippen LogP contribution < -0.4 is 10.6 Å². The molecule has 0 aliphatic carbocycles. The van der Waals surface area contributed by atoms with Crippen LogP contribution in [0.3, 0.4) is 0 Å². The minimum Gasteiger partial charge on any atom is -0.671 e. The van der Waals surface area contributed by atoms with Crippen molar-refractivity contribution in [1.82, 2.24) is 0 Å². The molecule has 246 valence electrons. The van der Waals surface area contributed by atoms with E-state index in [1.54, 1.807) is 0 Å². The maximum Gasteiger partial charge on any atom is 0 e. The molecule has 0 saturated heterocycles.